The third kappa shape index (κ3) is 2.77. The van der Waals surface area contributed by atoms with Gasteiger partial charge in [-0.15, -0.1) is 0 Å². The standard InChI is InChI=1S/C22H33NO/c1-4-5-10-23(15-18-6-8-20(24-3)9-7-18)22-12-17(2)11-21(16-22)13-19(21)14-22/h6-9,17,19H,4-5,10-16H2,1-3H3. The normalized spacial score (nSPS) is 36.7. The van der Waals surface area contributed by atoms with Crippen LogP contribution in [0, 0.1) is 17.3 Å². The molecule has 1 spiro atoms. The van der Waals surface area contributed by atoms with Crippen molar-refractivity contribution in [2.45, 2.75) is 70.9 Å². The van der Waals surface area contributed by atoms with Gasteiger partial charge in [-0.3, -0.25) is 4.90 Å². The summed E-state index contributed by atoms with van der Waals surface area (Å²) >= 11 is 0. The number of rotatable bonds is 7. The van der Waals surface area contributed by atoms with Crippen molar-refractivity contribution in [2.75, 3.05) is 13.7 Å². The summed E-state index contributed by atoms with van der Waals surface area (Å²) in [5.74, 6) is 2.91. The highest BCUT2D eigenvalue weighted by Crippen LogP contribution is 2.74. The third-order valence-electron chi connectivity index (χ3n) is 7.13. The molecule has 1 aromatic carbocycles. The number of nitrogens with zero attached hydrogens (tertiary/aromatic N) is 1. The summed E-state index contributed by atoms with van der Waals surface area (Å²) in [6, 6.07) is 8.74. The van der Waals surface area contributed by atoms with E-state index in [0.29, 0.717) is 5.54 Å². The average Bonchev–Trinajstić information content (AvgIpc) is 3.13. The van der Waals surface area contributed by atoms with Crippen LogP contribution in [0.2, 0.25) is 0 Å². The Hall–Kier alpha value is -1.02. The first-order valence-electron chi connectivity index (χ1n) is 9.97. The van der Waals surface area contributed by atoms with Crippen molar-refractivity contribution in [1.82, 2.24) is 4.90 Å². The van der Waals surface area contributed by atoms with Crippen molar-refractivity contribution in [3.8, 4) is 5.75 Å². The van der Waals surface area contributed by atoms with Gasteiger partial charge in [0.15, 0.2) is 0 Å². The molecule has 3 fully saturated rings. The lowest BCUT2D eigenvalue weighted by molar-refractivity contribution is 0.0179. The molecule has 132 valence electrons. The summed E-state index contributed by atoms with van der Waals surface area (Å²) in [5, 5.41) is 0. The Morgan fingerprint density at radius 3 is 2.62 bits per heavy atom. The van der Waals surface area contributed by atoms with Gasteiger partial charge in [0.05, 0.1) is 7.11 Å². The van der Waals surface area contributed by atoms with Gasteiger partial charge >= 0.3 is 0 Å². The highest BCUT2D eigenvalue weighted by molar-refractivity contribution is 5.28. The quantitative estimate of drug-likeness (QED) is 0.677. The molecule has 0 saturated heterocycles. The molecule has 3 saturated carbocycles. The molecule has 0 radical (unpaired) electrons. The molecule has 3 aliphatic carbocycles. The molecule has 2 bridgehead atoms. The van der Waals surface area contributed by atoms with Gasteiger partial charge in [-0.05, 0) is 80.0 Å². The Morgan fingerprint density at radius 2 is 1.92 bits per heavy atom. The van der Waals surface area contributed by atoms with Crippen LogP contribution in [0.1, 0.15) is 64.4 Å². The van der Waals surface area contributed by atoms with Gasteiger partial charge in [0, 0.05) is 12.1 Å². The molecule has 0 amide bonds. The molecular formula is C22H33NO. The van der Waals surface area contributed by atoms with Crippen molar-refractivity contribution in [1.29, 1.82) is 0 Å². The van der Waals surface area contributed by atoms with E-state index in [4.69, 9.17) is 4.74 Å². The Bertz CT molecular complexity index is 578. The fourth-order valence-electron chi connectivity index (χ4n) is 6.17. The van der Waals surface area contributed by atoms with Crippen molar-refractivity contribution in [3.63, 3.8) is 0 Å². The number of hydrogen-bond acceptors (Lipinski definition) is 2. The van der Waals surface area contributed by atoms with E-state index in [1.54, 1.807) is 7.11 Å². The summed E-state index contributed by atoms with van der Waals surface area (Å²) in [5.41, 5.74) is 2.69. The van der Waals surface area contributed by atoms with Crippen molar-refractivity contribution in [2.24, 2.45) is 17.3 Å². The van der Waals surface area contributed by atoms with Crippen LogP contribution in [0.15, 0.2) is 24.3 Å². The average molecular weight is 328 g/mol. The predicted molar refractivity (Wildman–Crippen MR) is 99.2 cm³/mol. The molecule has 2 heteroatoms. The van der Waals surface area contributed by atoms with Gasteiger partial charge < -0.3 is 4.74 Å². The zero-order chi connectivity index (χ0) is 16.8. The fourth-order valence-corrected chi connectivity index (χ4v) is 6.17. The molecule has 4 rings (SSSR count). The van der Waals surface area contributed by atoms with Crippen LogP contribution in [0.25, 0.3) is 0 Å². The molecule has 0 aromatic heterocycles. The van der Waals surface area contributed by atoms with Crippen LogP contribution in [-0.4, -0.2) is 24.1 Å². The Labute approximate surface area is 147 Å². The highest BCUT2D eigenvalue weighted by Gasteiger charge is 2.68. The van der Waals surface area contributed by atoms with E-state index in [1.165, 1.54) is 57.1 Å². The minimum Gasteiger partial charge on any atom is -0.497 e. The van der Waals surface area contributed by atoms with E-state index in [9.17, 15) is 0 Å². The van der Waals surface area contributed by atoms with Crippen molar-refractivity contribution in [3.05, 3.63) is 29.8 Å². The molecule has 4 atom stereocenters. The van der Waals surface area contributed by atoms with E-state index in [1.807, 2.05) is 0 Å². The number of ether oxygens (including phenoxy) is 1. The highest BCUT2D eigenvalue weighted by atomic mass is 16.5. The minimum atomic E-state index is 0.496. The molecule has 3 aliphatic rings. The van der Waals surface area contributed by atoms with Crippen molar-refractivity contribution < 1.29 is 4.74 Å². The maximum atomic E-state index is 5.32. The molecule has 2 nitrogen and oxygen atoms in total. The molecule has 24 heavy (non-hydrogen) atoms. The second-order valence-electron chi connectivity index (χ2n) is 9.01. The zero-order valence-electron chi connectivity index (χ0n) is 15.7. The van der Waals surface area contributed by atoms with Crippen LogP contribution in [0.4, 0.5) is 0 Å². The minimum absolute atomic E-state index is 0.496. The summed E-state index contributed by atoms with van der Waals surface area (Å²) in [4.78, 5) is 2.88. The first kappa shape index (κ1) is 16.4. The topological polar surface area (TPSA) is 12.5 Å². The molecule has 1 aromatic rings. The van der Waals surface area contributed by atoms with Gasteiger partial charge in [-0.25, -0.2) is 0 Å². The van der Waals surface area contributed by atoms with E-state index < -0.39 is 0 Å². The molecule has 0 aliphatic heterocycles. The first-order valence-corrected chi connectivity index (χ1v) is 9.97. The summed E-state index contributed by atoms with van der Waals surface area (Å²) < 4.78 is 5.32. The number of benzene rings is 1. The Morgan fingerprint density at radius 1 is 1.12 bits per heavy atom. The molecule has 0 heterocycles. The number of hydrogen-bond donors (Lipinski definition) is 0. The fraction of sp³-hybridized carbons (Fsp3) is 0.727. The lowest BCUT2D eigenvalue weighted by Gasteiger charge is -2.48. The largest absolute Gasteiger partial charge is 0.497 e. The maximum Gasteiger partial charge on any atom is 0.118 e. The Kier molecular flexibility index (Phi) is 4.15. The molecule has 4 unspecified atom stereocenters. The predicted octanol–water partition coefficient (Wildman–Crippen LogP) is 5.27. The van der Waals surface area contributed by atoms with Gasteiger partial charge in [0.25, 0.3) is 0 Å². The number of unbranched alkanes of at least 4 members (excludes halogenated alkanes) is 1. The van der Waals surface area contributed by atoms with Crippen molar-refractivity contribution >= 4 is 0 Å². The van der Waals surface area contributed by atoms with E-state index >= 15 is 0 Å². The van der Waals surface area contributed by atoms with Gasteiger partial charge in [-0.2, -0.15) is 0 Å². The smallest absolute Gasteiger partial charge is 0.118 e. The van der Waals surface area contributed by atoms with E-state index in [2.05, 4.69) is 43.0 Å². The van der Waals surface area contributed by atoms with E-state index in [-0.39, 0.29) is 0 Å². The van der Waals surface area contributed by atoms with Crippen LogP contribution in [0.5, 0.6) is 5.75 Å². The van der Waals surface area contributed by atoms with Gasteiger partial charge in [-0.1, -0.05) is 32.4 Å². The van der Waals surface area contributed by atoms with Gasteiger partial charge in [0.1, 0.15) is 5.75 Å². The summed E-state index contributed by atoms with van der Waals surface area (Å²) in [6.45, 7) is 7.19. The lowest BCUT2D eigenvalue weighted by Crippen LogP contribution is -2.51. The second-order valence-corrected chi connectivity index (χ2v) is 9.01. The number of fused-ring (bicyclic) bond motifs is 1. The maximum absolute atomic E-state index is 5.32. The summed E-state index contributed by atoms with van der Waals surface area (Å²) in [7, 11) is 1.75. The zero-order valence-corrected chi connectivity index (χ0v) is 15.7. The second kappa shape index (κ2) is 6.05. The number of methoxy groups -OCH3 is 1. The Balaban J connectivity index is 1.55. The molecule has 0 N–H and O–H groups in total. The molecular weight excluding hydrogens is 294 g/mol. The third-order valence-corrected chi connectivity index (χ3v) is 7.13. The van der Waals surface area contributed by atoms with Gasteiger partial charge in [0.2, 0.25) is 0 Å². The van der Waals surface area contributed by atoms with Crippen LogP contribution in [0.3, 0.4) is 0 Å². The monoisotopic (exact) mass is 327 g/mol. The summed E-state index contributed by atoms with van der Waals surface area (Å²) in [6.07, 6.45) is 10.0. The van der Waals surface area contributed by atoms with Crippen LogP contribution < -0.4 is 4.74 Å². The first-order chi connectivity index (χ1) is 11.6. The van der Waals surface area contributed by atoms with Crippen LogP contribution in [-0.2, 0) is 6.54 Å². The van der Waals surface area contributed by atoms with Crippen LogP contribution >= 0.6 is 0 Å². The SMILES string of the molecule is CCCCN(Cc1ccc(OC)cc1)C12CC(C)CC3(CC3C1)C2. The van der Waals surface area contributed by atoms with E-state index in [0.717, 1.165) is 29.5 Å². The lowest BCUT2D eigenvalue weighted by atomic mass is 9.71.